The Hall–Kier alpha value is -3.06. The molecular weight excluding hydrogens is 510 g/mol. The van der Waals surface area contributed by atoms with Gasteiger partial charge < -0.3 is 15.2 Å². The van der Waals surface area contributed by atoms with Crippen LogP contribution in [0.3, 0.4) is 0 Å². The highest BCUT2D eigenvalue weighted by Crippen LogP contribution is 2.69. The molecule has 2 fully saturated rings. The van der Waals surface area contributed by atoms with Gasteiger partial charge in [-0.15, -0.1) is 0 Å². The zero-order valence-electron chi connectivity index (χ0n) is 25.6. The zero-order valence-corrected chi connectivity index (χ0v) is 25.6. The molecule has 2 atom stereocenters. The lowest BCUT2D eigenvalue weighted by molar-refractivity contribution is -0.128. The van der Waals surface area contributed by atoms with E-state index in [2.05, 4.69) is 59.2 Å². The Morgan fingerprint density at radius 2 is 1.88 bits per heavy atom. The van der Waals surface area contributed by atoms with Gasteiger partial charge in [-0.3, -0.25) is 14.6 Å². The lowest BCUT2D eigenvalue weighted by atomic mass is 9.84. The maximum absolute atomic E-state index is 13.8. The first-order valence-electron chi connectivity index (χ1n) is 15.6. The highest BCUT2D eigenvalue weighted by atomic mass is 16.2. The Balaban J connectivity index is 1.30. The van der Waals surface area contributed by atoms with Crippen molar-refractivity contribution in [3.8, 4) is 11.3 Å². The molecule has 7 nitrogen and oxygen atoms in total. The average Bonchev–Trinajstić information content (AvgIpc) is 3.29. The fraction of sp³-hybridized carbons (Fsp3) is 0.588. The van der Waals surface area contributed by atoms with Crippen LogP contribution in [0.4, 0.5) is 0 Å². The summed E-state index contributed by atoms with van der Waals surface area (Å²) < 4.78 is 0. The first-order chi connectivity index (χ1) is 19.6. The predicted molar refractivity (Wildman–Crippen MR) is 164 cm³/mol. The molecule has 7 heteroatoms. The third-order valence-electron chi connectivity index (χ3n) is 9.94. The van der Waals surface area contributed by atoms with Crippen molar-refractivity contribution < 1.29 is 9.59 Å². The Labute approximate surface area is 244 Å². The van der Waals surface area contributed by atoms with Gasteiger partial charge in [-0.05, 0) is 89.6 Å². The normalized spacial score (nSPS) is 20.9. The number of piperidine rings is 1. The number of carbonyl (C=O) groups is 2. The van der Waals surface area contributed by atoms with E-state index in [1.165, 1.54) is 0 Å². The molecule has 0 bridgehead atoms. The molecule has 220 valence electrons. The molecule has 41 heavy (non-hydrogen) atoms. The van der Waals surface area contributed by atoms with Crippen molar-refractivity contribution >= 4 is 22.6 Å². The number of likely N-dealkylation sites (tertiary alicyclic amines) is 1. The van der Waals surface area contributed by atoms with Gasteiger partial charge in [-0.2, -0.15) is 0 Å². The van der Waals surface area contributed by atoms with Crippen molar-refractivity contribution in [3.05, 3.63) is 48.0 Å². The summed E-state index contributed by atoms with van der Waals surface area (Å²) in [6.07, 6.45) is 9.86. The van der Waals surface area contributed by atoms with Gasteiger partial charge in [0.25, 0.3) is 0 Å². The molecule has 1 saturated heterocycles. The van der Waals surface area contributed by atoms with E-state index in [0.29, 0.717) is 24.7 Å². The fourth-order valence-electron chi connectivity index (χ4n) is 6.83. The minimum Gasteiger partial charge on any atom is -0.346 e. The fourth-order valence-corrected chi connectivity index (χ4v) is 6.83. The molecule has 2 aromatic heterocycles. The van der Waals surface area contributed by atoms with Gasteiger partial charge in [0.15, 0.2) is 0 Å². The van der Waals surface area contributed by atoms with Crippen LogP contribution in [-0.4, -0.2) is 50.7 Å². The largest absolute Gasteiger partial charge is 0.346 e. The Bertz CT molecular complexity index is 1390. The van der Waals surface area contributed by atoms with E-state index in [1.807, 2.05) is 32.2 Å². The number of pyridine rings is 1. The molecule has 3 heterocycles. The Morgan fingerprint density at radius 1 is 1.10 bits per heavy atom. The zero-order chi connectivity index (χ0) is 29.2. The maximum atomic E-state index is 13.8. The summed E-state index contributed by atoms with van der Waals surface area (Å²) in [6.45, 7) is 12.8. The van der Waals surface area contributed by atoms with Crippen molar-refractivity contribution in [1.82, 2.24) is 25.2 Å². The van der Waals surface area contributed by atoms with Gasteiger partial charge in [0.1, 0.15) is 11.6 Å². The number of rotatable bonds is 12. The molecule has 0 unspecified atom stereocenters. The lowest BCUT2D eigenvalue weighted by Gasteiger charge is -2.37. The highest BCUT2D eigenvalue weighted by molar-refractivity contribution is 5.87. The molecule has 5 rings (SSSR count). The molecule has 2 aliphatic rings. The number of aryl methyl sites for hydroxylation is 1. The molecule has 1 amide bonds. The number of aromatic amines is 1. The first kappa shape index (κ1) is 29.4. The number of aromatic nitrogens is 3. The molecular formula is C34H47N5O2. The molecule has 0 radical (unpaired) electrons. The molecule has 1 aliphatic carbocycles. The van der Waals surface area contributed by atoms with Gasteiger partial charge in [-0.25, -0.2) is 4.98 Å². The summed E-state index contributed by atoms with van der Waals surface area (Å²) >= 11 is 0. The molecule has 1 aromatic carbocycles. The van der Waals surface area contributed by atoms with Crippen LogP contribution >= 0.6 is 0 Å². The van der Waals surface area contributed by atoms with Gasteiger partial charge in [-0.1, -0.05) is 38.8 Å². The van der Waals surface area contributed by atoms with Crippen LogP contribution in [0.2, 0.25) is 0 Å². The van der Waals surface area contributed by atoms with E-state index < -0.39 is 0 Å². The van der Waals surface area contributed by atoms with Gasteiger partial charge in [0, 0.05) is 35.5 Å². The number of fused-ring (bicyclic) bond motifs is 1. The topological polar surface area (TPSA) is 91.0 Å². The Kier molecular flexibility index (Phi) is 8.65. The summed E-state index contributed by atoms with van der Waals surface area (Å²) in [5.41, 5.74) is 3.77. The Morgan fingerprint density at radius 3 is 2.61 bits per heavy atom. The second-order valence-corrected chi connectivity index (χ2v) is 13.0. The van der Waals surface area contributed by atoms with Crippen molar-refractivity contribution in [2.45, 2.75) is 104 Å². The van der Waals surface area contributed by atoms with E-state index in [9.17, 15) is 9.59 Å². The average molecular weight is 558 g/mol. The van der Waals surface area contributed by atoms with Crippen molar-refractivity contribution in [2.75, 3.05) is 13.1 Å². The second kappa shape index (κ2) is 12.0. The first-order valence-corrected chi connectivity index (χ1v) is 15.6. The number of nitrogens with one attached hydrogen (secondary N) is 2. The van der Waals surface area contributed by atoms with Crippen LogP contribution in [0, 0.1) is 17.8 Å². The van der Waals surface area contributed by atoms with E-state index in [1.54, 1.807) is 0 Å². The molecule has 2 N–H and O–H groups in total. The number of amides is 1. The summed E-state index contributed by atoms with van der Waals surface area (Å²) in [7, 11) is 0. The van der Waals surface area contributed by atoms with E-state index in [4.69, 9.17) is 4.98 Å². The number of hydrogen-bond acceptors (Lipinski definition) is 5. The van der Waals surface area contributed by atoms with E-state index in [0.717, 1.165) is 91.7 Å². The third-order valence-corrected chi connectivity index (χ3v) is 9.94. The predicted octanol–water partition coefficient (Wildman–Crippen LogP) is 6.92. The molecule has 1 spiro atoms. The SMILES string of the molecule is CCC(=O)CCCCC[C@H](NC(=O)[C@@]1(C)CC12CCN(C(C)C)CC2)c1ncc(-c2ccc3nc(C)ccc3c2)[nH]1. The minimum atomic E-state index is -0.319. The molecule has 3 aromatic rings. The van der Waals surface area contributed by atoms with Crippen LogP contribution in [0.1, 0.15) is 103 Å². The molecule has 1 aliphatic heterocycles. The standard InChI is InChI=1S/C34H47N5O2/c1-6-27(40)10-8-7-9-11-29(38-32(41)33(5)22-34(33)16-18-39(19-17-34)23(2)3)31-35-21-30(37-31)26-14-15-28-25(20-26)13-12-24(4)36-28/h12-15,20-21,23,29H,6-11,16-19,22H2,1-5H3,(H,35,37)(H,38,41)/t29-,33+/m0/s1. The number of unbranched alkanes of at least 4 members (excludes halogenated alkanes) is 2. The number of Topliss-reactive ketones (excluding diaryl/α,β-unsaturated/α-hetero) is 1. The molecule has 1 saturated carbocycles. The van der Waals surface area contributed by atoms with Crippen molar-refractivity contribution in [3.63, 3.8) is 0 Å². The van der Waals surface area contributed by atoms with E-state index in [-0.39, 0.29) is 22.8 Å². The minimum absolute atomic E-state index is 0.124. The number of imidazole rings is 1. The van der Waals surface area contributed by atoms with Crippen LogP contribution in [-0.2, 0) is 9.59 Å². The summed E-state index contributed by atoms with van der Waals surface area (Å²) in [5, 5.41) is 4.52. The van der Waals surface area contributed by atoms with Crippen molar-refractivity contribution in [1.29, 1.82) is 0 Å². The summed E-state index contributed by atoms with van der Waals surface area (Å²) in [5.74, 6) is 1.28. The number of ketones is 1. The summed E-state index contributed by atoms with van der Waals surface area (Å²) in [4.78, 5) is 41.1. The lowest BCUT2D eigenvalue weighted by Crippen LogP contribution is -2.43. The number of H-pyrrole nitrogens is 1. The van der Waals surface area contributed by atoms with Gasteiger partial charge >= 0.3 is 0 Å². The van der Waals surface area contributed by atoms with Crippen LogP contribution < -0.4 is 5.32 Å². The van der Waals surface area contributed by atoms with Crippen LogP contribution in [0.25, 0.3) is 22.2 Å². The maximum Gasteiger partial charge on any atom is 0.227 e. The number of carbonyl (C=O) groups excluding carboxylic acids is 2. The third kappa shape index (κ3) is 6.25. The van der Waals surface area contributed by atoms with E-state index >= 15 is 0 Å². The van der Waals surface area contributed by atoms with Gasteiger partial charge in [0.2, 0.25) is 5.91 Å². The van der Waals surface area contributed by atoms with Gasteiger partial charge in [0.05, 0.1) is 28.9 Å². The number of benzene rings is 1. The second-order valence-electron chi connectivity index (χ2n) is 13.0. The van der Waals surface area contributed by atoms with Crippen LogP contribution in [0.15, 0.2) is 36.5 Å². The van der Waals surface area contributed by atoms with Crippen molar-refractivity contribution in [2.24, 2.45) is 10.8 Å². The quantitative estimate of drug-likeness (QED) is 0.236. The summed E-state index contributed by atoms with van der Waals surface area (Å²) in [6, 6.07) is 10.8. The highest BCUT2D eigenvalue weighted by Gasteiger charge is 2.68. The van der Waals surface area contributed by atoms with Crippen LogP contribution in [0.5, 0.6) is 0 Å². The number of hydrogen-bond donors (Lipinski definition) is 2. The number of nitrogens with zero attached hydrogens (tertiary/aromatic N) is 3. The monoisotopic (exact) mass is 557 g/mol. The smallest absolute Gasteiger partial charge is 0.227 e.